The van der Waals surface area contributed by atoms with E-state index in [4.69, 9.17) is 9.47 Å². The Balaban J connectivity index is 2.55. The van der Waals surface area contributed by atoms with E-state index in [1.54, 1.807) is 14.2 Å². The van der Waals surface area contributed by atoms with Gasteiger partial charge in [0.1, 0.15) is 0 Å². The average Bonchev–Trinajstić information content (AvgIpc) is 2.25. The smallest absolute Gasteiger partial charge is 0.0838 e. The van der Waals surface area contributed by atoms with Gasteiger partial charge in [-0.3, -0.25) is 0 Å². The van der Waals surface area contributed by atoms with Crippen molar-refractivity contribution in [3.63, 3.8) is 0 Å². The number of methoxy groups -OCH3 is 2. The van der Waals surface area contributed by atoms with Crippen LogP contribution < -0.4 is 0 Å². The minimum Gasteiger partial charge on any atom is -0.379 e. The van der Waals surface area contributed by atoms with Crippen molar-refractivity contribution in [1.82, 2.24) is 0 Å². The lowest BCUT2D eigenvalue weighted by atomic mass is 9.92. The summed E-state index contributed by atoms with van der Waals surface area (Å²) in [5, 5.41) is 0. The summed E-state index contributed by atoms with van der Waals surface area (Å²) in [5.41, 5.74) is 0.390. The lowest BCUT2D eigenvalue weighted by molar-refractivity contribution is -0.0157. The number of rotatable bonds is 2. The maximum Gasteiger partial charge on any atom is 0.0838 e. The SMILES string of the molecule is CO[C@H]1CC(C)(C)C[C@H]1OC. The average molecular weight is 158 g/mol. The van der Waals surface area contributed by atoms with Crippen LogP contribution in [0.3, 0.4) is 0 Å². The molecule has 0 aromatic rings. The van der Waals surface area contributed by atoms with Gasteiger partial charge in [0.2, 0.25) is 0 Å². The maximum atomic E-state index is 5.33. The number of ether oxygens (including phenoxy) is 2. The van der Waals surface area contributed by atoms with Crippen LogP contribution in [0.1, 0.15) is 26.7 Å². The zero-order chi connectivity index (χ0) is 8.48. The van der Waals surface area contributed by atoms with Gasteiger partial charge in [-0.2, -0.15) is 0 Å². The number of hydrogen-bond acceptors (Lipinski definition) is 2. The van der Waals surface area contributed by atoms with Crippen LogP contribution in [0.2, 0.25) is 0 Å². The maximum absolute atomic E-state index is 5.33. The fraction of sp³-hybridized carbons (Fsp3) is 1.00. The number of hydrogen-bond donors (Lipinski definition) is 0. The summed E-state index contributed by atoms with van der Waals surface area (Å²) in [4.78, 5) is 0. The molecule has 0 saturated heterocycles. The van der Waals surface area contributed by atoms with Crippen molar-refractivity contribution in [1.29, 1.82) is 0 Å². The zero-order valence-corrected chi connectivity index (χ0v) is 7.89. The molecule has 1 aliphatic carbocycles. The highest BCUT2D eigenvalue weighted by atomic mass is 16.5. The van der Waals surface area contributed by atoms with E-state index >= 15 is 0 Å². The first-order valence-corrected chi connectivity index (χ1v) is 4.14. The quantitative estimate of drug-likeness (QED) is 0.610. The molecular weight excluding hydrogens is 140 g/mol. The van der Waals surface area contributed by atoms with E-state index in [2.05, 4.69) is 13.8 Å². The van der Waals surface area contributed by atoms with Gasteiger partial charge >= 0.3 is 0 Å². The van der Waals surface area contributed by atoms with E-state index in [-0.39, 0.29) is 0 Å². The summed E-state index contributed by atoms with van der Waals surface area (Å²) in [5.74, 6) is 0. The largest absolute Gasteiger partial charge is 0.379 e. The fourth-order valence-electron chi connectivity index (χ4n) is 1.91. The van der Waals surface area contributed by atoms with Gasteiger partial charge in [-0.05, 0) is 18.3 Å². The molecule has 0 unspecified atom stereocenters. The molecule has 0 aromatic carbocycles. The molecule has 2 atom stereocenters. The molecule has 0 spiro atoms. The first-order valence-electron chi connectivity index (χ1n) is 4.14. The summed E-state index contributed by atoms with van der Waals surface area (Å²) < 4.78 is 10.7. The van der Waals surface area contributed by atoms with Crippen LogP contribution in [0.4, 0.5) is 0 Å². The van der Waals surface area contributed by atoms with Gasteiger partial charge in [-0.25, -0.2) is 0 Å². The monoisotopic (exact) mass is 158 g/mol. The molecule has 1 aliphatic rings. The van der Waals surface area contributed by atoms with Gasteiger partial charge in [0.05, 0.1) is 12.2 Å². The van der Waals surface area contributed by atoms with E-state index < -0.39 is 0 Å². The van der Waals surface area contributed by atoms with Crippen molar-refractivity contribution in [3.8, 4) is 0 Å². The van der Waals surface area contributed by atoms with Crippen LogP contribution >= 0.6 is 0 Å². The van der Waals surface area contributed by atoms with Gasteiger partial charge in [0, 0.05) is 14.2 Å². The molecule has 1 rings (SSSR count). The Labute approximate surface area is 68.9 Å². The first-order chi connectivity index (χ1) is 5.09. The van der Waals surface area contributed by atoms with E-state index in [1.807, 2.05) is 0 Å². The summed E-state index contributed by atoms with van der Waals surface area (Å²) in [6.45, 7) is 4.52. The predicted molar refractivity (Wildman–Crippen MR) is 44.6 cm³/mol. The summed E-state index contributed by atoms with van der Waals surface area (Å²) in [6, 6.07) is 0. The molecular formula is C9H18O2. The molecule has 0 aromatic heterocycles. The summed E-state index contributed by atoms with van der Waals surface area (Å²) in [6.07, 6.45) is 2.83. The van der Waals surface area contributed by atoms with Crippen LogP contribution in [0.15, 0.2) is 0 Å². The predicted octanol–water partition coefficient (Wildman–Crippen LogP) is 1.84. The molecule has 0 aliphatic heterocycles. The zero-order valence-electron chi connectivity index (χ0n) is 7.89. The van der Waals surface area contributed by atoms with Crippen molar-refractivity contribution >= 4 is 0 Å². The van der Waals surface area contributed by atoms with E-state index in [1.165, 1.54) is 0 Å². The second-order valence-corrected chi connectivity index (χ2v) is 4.12. The van der Waals surface area contributed by atoms with Crippen molar-refractivity contribution in [2.45, 2.75) is 38.9 Å². The molecule has 0 radical (unpaired) electrons. The Morgan fingerprint density at radius 2 is 1.36 bits per heavy atom. The molecule has 0 bridgehead atoms. The lowest BCUT2D eigenvalue weighted by Crippen LogP contribution is -2.23. The van der Waals surface area contributed by atoms with Crippen LogP contribution in [-0.4, -0.2) is 26.4 Å². The first kappa shape index (κ1) is 9.01. The van der Waals surface area contributed by atoms with Crippen molar-refractivity contribution in [2.75, 3.05) is 14.2 Å². The molecule has 1 fully saturated rings. The third kappa shape index (κ3) is 1.94. The molecule has 2 nitrogen and oxygen atoms in total. The normalized spacial score (nSPS) is 36.0. The second kappa shape index (κ2) is 3.11. The van der Waals surface area contributed by atoms with Gasteiger partial charge in [0.15, 0.2) is 0 Å². The highest BCUT2D eigenvalue weighted by molar-refractivity contribution is 4.90. The molecule has 11 heavy (non-hydrogen) atoms. The highest BCUT2D eigenvalue weighted by Crippen LogP contribution is 2.39. The van der Waals surface area contributed by atoms with Gasteiger partial charge < -0.3 is 9.47 Å². The summed E-state index contributed by atoms with van der Waals surface area (Å²) in [7, 11) is 3.52. The Hall–Kier alpha value is -0.0800. The van der Waals surface area contributed by atoms with Crippen molar-refractivity contribution < 1.29 is 9.47 Å². The molecule has 0 heterocycles. The Bertz CT molecular complexity index is 118. The lowest BCUT2D eigenvalue weighted by Gasteiger charge is -2.15. The third-order valence-electron chi connectivity index (χ3n) is 2.53. The van der Waals surface area contributed by atoms with Crippen molar-refractivity contribution in [3.05, 3.63) is 0 Å². The van der Waals surface area contributed by atoms with Crippen molar-refractivity contribution in [2.24, 2.45) is 5.41 Å². The molecule has 2 heteroatoms. The summed E-state index contributed by atoms with van der Waals surface area (Å²) >= 11 is 0. The van der Waals surface area contributed by atoms with E-state index in [0.717, 1.165) is 12.8 Å². The van der Waals surface area contributed by atoms with Gasteiger partial charge in [-0.15, -0.1) is 0 Å². The standard InChI is InChI=1S/C9H18O2/c1-9(2)5-7(10-3)8(6-9)11-4/h7-8H,5-6H2,1-4H3/t7-,8+. The minimum absolute atomic E-state index is 0.301. The third-order valence-corrected chi connectivity index (χ3v) is 2.53. The fourth-order valence-corrected chi connectivity index (χ4v) is 1.91. The van der Waals surface area contributed by atoms with Crippen LogP contribution in [-0.2, 0) is 9.47 Å². The molecule has 1 saturated carbocycles. The van der Waals surface area contributed by atoms with E-state index in [9.17, 15) is 0 Å². The van der Waals surface area contributed by atoms with Gasteiger partial charge in [0.25, 0.3) is 0 Å². The topological polar surface area (TPSA) is 18.5 Å². The molecule has 66 valence electrons. The molecule has 0 amide bonds. The molecule has 0 N–H and O–H groups in total. The Morgan fingerprint density at radius 3 is 1.64 bits per heavy atom. The van der Waals surface area contributed by atoms with Crippen LogP contribution in [0, 0.1) is 5.41 Å². The Morgan fingerprint density at radius 1 is 1.00 bits per heavy atom. The van der Waals surface area contributed by atoms with Gasteiger partial charge in [-0.1, -0.05) is 13.8 Å². The Kier molecular flexibility index (Phi) is 2.55. The highest BCUT2D eigenvalue weighted by Gasteiger charge is 2.39. The van der Waals surface area contributed by atoms with Crippen LogP contribution in [0.5, 0.6) is 0 Å². The van der Waals surface area contributed by atoms with Crippen LogP contribution in [0.25, 0.3) is 0 Å². The van der Waals surface area contributed by atoms with E-state index in [0.29, 0.717) is 17.6 Å². The second-order valence-electron chi connectivity index (χ2n) is 4.12. The minimum atomic E-state index is 0.301.